The third-order valence-corrected chi connectivity index (χ3v) is 9.47. The minimum Gasteiger partial charge on any atom is -0.477 e. The van der Waals surface area contributed by atoms with E-state index in [-0.39, 0.29) is 47.5 Å². The second kappa shape index (κ2) is 9.89. The molecule has 1 spiro atoms. The molecular formula is C28H28ClF5N6O3. The van der Waals surface area contributed by atoms with Crippen LogP contribution in [0.4, 0.5) is 33.5 Å². The number of nitrogens with two attached hydrogens (primary N) is 1. The van der Waals surface area contributed by atoms with Gasteiger partial charge in [-0.1, -0.05) is 11.6 Å². The van der Waals surface area contributed by atoms with E-state index in [0.29, 0.717) is 32.6 Å². The van der Waals surface area contributed by atoms with Gasteiger partial charge in [-0.3, -0.25) is 4.90 Å². The summed E-state index contributed by atoms with van der Waals surface area (Å²) in [6.07, 6.45) is -3.54. The number of fused-ring (bicyclic) bond motifs is 1. The Balaban J connectivity index is 1.42. The molecule has 3 fully saturated rings. The van der Waals surface area contributed by atoms with E-state index in [1.807, 2.05) is 4.90 Å². The van der Waals surface area contributed by atoms with E-state index in [9.17, 15) is 17.6 Å². The Labute approximate surface area is 248 Å². The Morgan fingerprint density at radius 1 is 1.19 bits per heavy atom. The highest BCUT2D eigenvalue weighted by molar-refractivity contribution is 6.32. The van der Waals surface area contributed by atoms with Crippen molar-refractivity contribution in [3.05, 3.63) is 28.5 Å². The summed E-state index contributed by atoms with van der Waals surface area (Å²) in [5.74, 6) is -1.06. The molecule has 4 aliphatic heterocycles. The van der Waals surface area contributed by atoms with Gasteiger partial charge < -0.3 is 24.8 Å². The van der Waals surface area contributed by atoms with Gasteiger partial charge in [-0.05, 0) is 31.5 Å². The van der Waals surface area contributed by atoms with Crippen LogP contribution in [0.3, 0.4) is 0 Å². The van der Waals surface area contributed by atoms with E-state index in [4.69, 9.17) is 31.5 Å². The summed E-state index contributed by atoms with van der Waals surface area (Å²) in [5, 5.41) is -0.620. The van der Waals surface area contributed by atoms with Gasteiger partial charge in [-0.25, -0.2) is 13.8 Å². The summed E-state index contributed by atoms with van der Waals surface area (Å²) in [6, 6.07) is 1.72. The van der Waals surface area contributed by atoms with Crippen molar-refractivity contribution in [3.63, 3.8) is 0 Å². The summed E-state index contributed by atoms with van der Waals surface area (Å²) in [7, 11) is 1.77. The van der Waals surface area contributed by atoms with E-state index in [0.717, 1.165) is 31.5 Å². The minimum atomic E-state index is -4.94. The van der Waals surface area contributed by atoms with Crippen LogP contribution in [0.2, 0.25) is 5.02 Å². The first-order valence-corrected chi connectivity index (χ1v) is 14.3. The van der Waals surface area contributed by atoms with Crippen LogP contribution >= 0.6 is 11.6 Å². The lowest BCUT2D eigenvalue weighted by Crippen LogP contribution is -2.62. The SMILES string of the molecule is CN1c2nc(OC[C@@]34CCCN3C[C@H](F)C4)nc3c(F)c(-c4cc(N)cc(Cl)c4C(F)(F)F)nc(c23)OCCC12COC2. The minimum absolute atomic E-state index is 0.0717. The Bertz CT molecular complexity index is 1620. The average Bonchev–Trinajstić information content (AvgIpc) is 3.43. The first-order chi connectivity index (χ1) is 20.4. The number of nitrogens with zero attached hydrogens (tertiary/aromatic N) is 5. The second-order valence-corrected chi connectivity index (χ2v) is 12.2. The predicted octanol–water partition coefficient (Wildman–Crippen LogP) is 5.03. The van der Waals surface area contributed by atoms with E-state index in [2.05, 4.69) is 19.9 Å². The fraction of sp³-hybridized carbons (Fsp3) is 0.536. The van der Waals surface area contributed by atoms with Gasteiger partial charge in [0.2, 0.25) is 5.88 Å². The summed E-state index contributed by atoms with van der Waals surface area (Å²) in [5.41, 5.74) is 1.72. The van der Waals surface area contributed by atoms with Crippen molar-refractivity contribution in [2.75, 3.05) is 57.2 Å². The molecule has 2 N–H and O–H groups in total. The van der Waals surface area contributed by atoms with Gasteiger partial charge in [0, 0.05) is 37.7 Å². The first-order valence-electron chi connectivity index (χ1n) is 13.9. The number of hydrogen-bond donors (Lipinski definition) is 1. The Kier molecular flexibility index (Phi) is 6.57. The maximum Gasteiger partial charge on any atom is 0.418 e. The number of pyridine rings is 1. The highest BCUT2D eigenvalue weighted by Crippen LogP contribution is 2.47. The van der Waals surface area contributed by atoms with Crippen LogP contribution in [0.25, 0.3) is 22.2 Å². The zero-order valence-corrected chi connectivity index (χ0v) is 23.9. The molecule has 0 bridgehead atoms. The summed E-state index contributed by atoms with van der Waals surface area (Å²) in [4.78, 5) is 17.1. The van der Waals surface area contributed by atoms with Gasteiger partial charge in [-0.2, -0.15) is 23.1 Å². The molecule has 0 aliphatic carbocycles. The molecule has 3 saturated heterocycles. The van der Waals surface area contributed by atoms with Crippen LogP contribution in [-0.2, 0) is 10.9 Å². The van der Waals surface area contributed by atoms with Crippen molar-refractivity contribution in [1.29, 1.82) is 0 Å². The fourth-order valence-corrected chi connectivity index (χ4v) is 7.18. The lowest BCUT2D eigenvalue weighted by atomic mass is 9.90. The molecule has 6 heterocycles. The molecule has 0 saturated carbocycles. The molecule has 0 unspecified atom stereocenters. The lowest BCUT2D eigenvalue weighted by Gasteiger charge is -2.49. The number of ether oxygens (including phenoxy) is 3. The van der Waals surface area contributed by atoms with Crippen LogP contribution < -0.4 is 20.1 Å². The quantitative estimate of drug-likeness (QED) is 0.316. The lowest BCUT2D eigenvalue weighted by molar-refractivity contribution is -0.137. The number of aromatic nitrogens is 3. The van der Waals surface area contributed by atoms with Gasteiger partial charge in [0.25, 0.3) is 0 Å². The van der Waals surface area contributed by atoms with E-state index in [1.165, 1.54) is 0 Å². The largest absolute Gasteiger partial charge is 0.477 e. The standard InChI is InChI=1S/C28H28ClF5N6O3/c1-39-23-18-22(37-25(38-23)43-13-26-3-2-5-40(26)10-14(30)9-26)20(31)21(36-24(18)42-6-4-27(39)11-41-12-27)16-7-15(35)8-17(29)19(16)28(32,33)34/h7-8,14H,2-6,9-13,35H2,1H3/t14-,26+/m1/s1. The number of likely N-dealkylation sites (N-methyl/N-ethyl adjacent to an activating group) is 1. The van der Waals surface area contributed by atoms with Gasteiger partial charge >= 0.3 is 12.2 Å². The molecule has 0 radical (unpaired) electrons. The van der Waals surface area contributed by atoms with Crippen molar-refractivity contribution in [2.24, 2.45) is 0 Å². The number of alkyl halides is 4. The van der Waals surface area contributed by atoms with Crippen LogP contribution in [0, 0.1) is 5.82 Å². The average molecular weight is 627 g/mol. The molecule has 2 atom stereocenters. The molecule has 2 aromatic heterocycles. The zero-order valence-electron chi connectivity index (χ0n) is 23.1. The smallest absolute Gasteiger partial charge is 0.418 e. The summed E-state index contributed by atoms with van der Waals surface area (Å²) in [6.45, 7) is 1.99. The maximum absolute atomic E-state index is 16.5. The summed E-state index contributed by atoms with van der Waals surface area (Å²) >= 11 is 5.98. The Hall–Kier alpha value is -3.23. The van der Waals surface area contributed by atoms with Crippen molar-refractivity contribution in [3.8, 4) is 23.1 Å². The number of anilines is 2. The van der Waals surface area contributed by atoms with Crippen molar-refractivity contribution in [1.82, 2.24) is 19.9 Å². The topological polar surface area (TPSA) is 98.9 Å². The predicted molar refractivity (Wildman–Crippen MR) is 148 cm³/mol. The number of halogens is 6. The number of benzene rings is 1. The van der Waals surface area contributed by atoms with Gasteiger partial charge in [0.1, 0.15) is 35.2 Å². The molecular weight excluding hydrogens is 599 g/mol. The first kappa shape index (κ1) is 28.5. The van der Waals surface area contributed by atoms with Gasteiger partial charge in [0.15, 0.2) is 5.82 Å². The molecule has 43 heavy (non-hydrogen) atoms. The molecule has 1 aromatic carbocycles. The van der Waals surface area contributed by atoms with Crippen LogP contribution in [0.1, 0.15) is 31.2 Å². The van der Waals surface area contributed by atoms with Crippen LogP contribution in [-0.4, -0.2) is 83.7 Å². The van der Waals surface area contributed by atoms with Crippen molar-refractivity contribution in [2.45, 2.75) is 49.1 Å². The third-order valence-electron chi connectivity index (χ3n) is 9.17. The second-order valence-electron chi connectivity index (χ2n) is 11.8. The maximum atomic E-state index is 16.5. The molecule has 9 nitrogen and oxygen atoms in total. The van der Waals surface area contributed by atoms with Crippen LogP contribution in [0.15, 0.2) is 12.1 Å². The molecule has 15 heteroatoms. The molecule has 7 rings (SSSR count). The monoisotopic (exact) mass is 626 g/mol. The molecule has 0 amide bonds. The highest BCUT2D eigenvalue weighted by atomic mass is 35.5. The highest BCUT2D eigenvalue weighted by Gasteiger charge is 2.50. The fourth-order valence-electron chi connectivity index (χ4n) is 6.85. The van der Waals surface area contributed by atoms with Crippen molar-refractivity contribution < 1.29 is 36.2 Å². The number of hydrogen-bond acceptors (Lipinski definition) is 9. The third kappa shape index (κ3) is 4.51. The number of nitrogen functional groups attached to an aromatic ring is 1. The number of rotatable bonds is 4. The Morgan fingerprint density at radius 2 is 1.98 bits per heavy atom. The van der Waals surface area contributed by atoms with E-state index >= 15 is 4.39 Å². The zero-order chi connectivity index (χ0) is 30.3. The normalized spacial score (nSPS) is 24.9. The molecule has 3 aromatic rings. The van der Waals surface area contributed by atoms with Gasteiger partial charge in [-0.15, -0.1) is 0 Å². The molecule has 230 valence electrons. The van der Waals surface area contributed by atoms with Crippen LogP contribution in [0.5, 0.6) is 11.9 Å². The Morgan fingerprint density at radius 3 is 2.70 bits per heavy atom. The molecule has 4 aliphatic rings. The summed E-state index contributed by atoms with van der Waals surface area (Å²) < 4.78 is 91.0. The van der Waals surface area contributed by atoms with Crippen molar-refractivity contribution >= 4 is 34.0 Å². The van der Waals surface area contributed by atoms with Gasteiger partial charge in [0.05, 0.1) is 41.5 Å². The van der Waals surface area contributed by atoms with E-state index < -0.39 is 51.1 Å². The van der Waals surface area contributed by atoms with E-state index in [1.54, 1.807) is 7.05 Å².